The first kappa shape index (κ1) is 18.2. The van der Waals surface area contributed by atoms with Crippen LogP contribution in [0.3, 0.4) is 0 Å². The summed E-state index contributed by atoms with van der Waals surface area (Å²) in [6, 6.07) is 2.41. The van der Waals surface area contributed by atoms with Crippen LogP contribution in [0, 0.1) is 0 Å². The van der Waals surface area contributed by atoms with Crippen molar-refractivity contribution in [3.05, 3.63) is 39.3 Å². The number of carbonyl (C=O) groups is 2. The summed E-state index contributed by atoms with van der Waals surface area (Å²) >= 11 is 1.21. The molecule has 1 aliphatic rings. The maximum absolute atomic E-state index is 12.5. The SMILES string of the molecule is CCOC(=O)Cc1csc(NC(=O)[C@@H](C)n2nc(C3CC3)ccc2=O)n1. The first-order valence-corrected chi connectivity index (χ1v) is 9.36. The molecule has 0 unspecified atom stereocenters. The lowest BCUT2D eigenvalue weighted by Crippen LogP contribution is -2.33. The standard InChI is InChI=1S/C17H20N4O4S/c1-3-25-15(23)8-12-9-26-17(18-12)19-16(24)10(2)21-14(22)7-6-13(20-21)11-4-5-11/h6-7,9-11H,3-5,8H2,1-2H3,(H,18,19,24)/t10-/m1/s1. The van der Waals surface area contributed by atoms with Crippen LogP contribution in [0.15, 0.2) is 22.3 Å². The molecule has 1 aliphatic carbocycles. The van der Waals surface area contributed by atoms with Crippen molar-refractivity contribution in [2.24, 2.45) is 0 Å². The summed E-state index contributed by atoms with van der Waals surface area (Å²) in [6.07, 6.45) is 2.18. The third kappa shape index (κ3) is 4.34. The van der Waals surface area contributed by atoms with Crippen molar-refractivity contribution < 1.29 is 14.3 Å². The number of hydrogen-bond acceptors (Lipinski definition) is 7. The Labute approximate surface area is 154 Å². The number of aromatic nitrogens is 3. The Balaban J connectivity index is 1.66. The summed E-state index contributed by atoms with van der Waals surface area (Å²) in [5.41, 5.74) is 1.05. The minimum atomic E-state index is -0.765. The molecule has 0 bridgehead atoms. The molecule has 1 fully saturated rings. The molecule has 2 aromatic rings. The van der Waals surface area contributed by atoms with E-state index in [9.17, 15) is 14.4 Å². The molecule has 3 rings (SSSR count). The third-order valence-corrected chi connectivity index (χ3v) is 4.81. The molecule has 0 spiro atoms. The van der Waals surface area contributed by atoms with E-state index in [1.54, 1.807) is 25.3 Å². The van der Waals surface area contributed by atoms with Crippen LogP contribution in [-0.2, 0) is 20.7 Å². The van der Waals surface area contributed by atoms with E-state index in [1.165, 1.54) is 22.1 Å². The lowest BCUT2D eigenvalue weighted by atomic mass is 10.2. The molecule has 1 atom stereocenters. The molecule has 9 heteroatoms. The van der Waals surface area contributed by atoms with Gasteiger partial charge in [-0.15, -0.1) is 11.3 Å². The maximum Gasteiger partial charge on any atom is 0.311 e. The summed E-state index contributed by atoms with van der Waals surface area (Å²) in [4.78, 5) is 40.2. The Bertz CT molecular complexity index is 872. The molecule has 8 nitrogen and oxygen atoms in total. The Morgan fingerprint density at radius 2 is 2.19 bits per heavy atom. The minimum absolute atomic E-state index is 0.0558. The largest absolute Gasteiger partial charge is 0.466 e. The molecule has 26 heavy (non-hydrogen) atoms. The number of carbonyl (C=O) groups excluding carboxylic acids is 2. The van der Waals surface area contributed by atoms with Gasteiger partial charge < -0.3 is 10.1 Å². The Kier molecular flexibility index (Phi) is 5.46. The summed E-state index contributed by atoms with van der Waals surface area (Å²) < 4.78 is 6.08. The number of esters is 1. The van der Waals surface area contributed by atoms with Gasteiger partial charge in [0.15, 0.2) is 5.13 Å². The van der Waals surface area contributed by atoms with Gasteiger partial charge in [-0.3, -0.25) is 14.4 Å². The van der Waals surface area contributed by atoms with Gasteiger partial charge in [0, 0.05) is 17.4 Å². The fourth-order valence-electron chi connectivity index (χ4n) is 2.44. The second-order valence-electron chi connectivity index (χ2n) is 6.11. The molecular formula is C17H20N4O4S. The average Bonchev–Trinajstić information content (AvgIpc) is 3.37. The molecular weight excluding hydrogens is 356 g/mol. The van der Waals surface area contributed by atoms with Crippen LogP contribution in [0.25, 0.3) is 0 Å². The summed E-state index contributed by atoms with van der Waals surface area (Å²) in [6.45, 7) is 3.67. The van der Waals surface area contributed by atoms with Crippen LogP contribution in [0.2, 0.25) is 0 Å². The molecule has 1 amide bonds. The highest BCUT2D eigenvalue weighted by Gasteiger charge is 2.27. The van der Waals surface area contributed by atoms with Gasteiger partial charge in [-0.05, 0) is 32.8 Å². The zero-order valence-corrected chi connectivity index (χ0v) is 15.4. The summed E-state index contributed by atoms with van der Waals surface area (Å²) in [5.74, 6) is -0.359. The predicted molar refractivity (Wildman–Crippen MR) is 96.3 cm³/mol. The van der Waals surface area contributed by atoms with E-state index >= 15 is 0 Å². The van der Waals surface area contributed by atoms with Crippen LogP contribution < -0.4 is 10.9 Å². The van der Waals surface area contributed by atoms with Crippen molar-refractivity contribution >= 4 is 28.3 Å². The zero-order valence-electron chi connectivity index (χ0n) is 14.6. The smallest absolute Gasteiger partial charge is 0.311 e. The molecule has 138 valence electrons. The fourth-order valence-corrected chi connectivity index (χ4v) is 3.15. The topological polar surface area (TPSA) is 103 Å². The van der Waals surface area contributed by atoms with Gasteiger partial charge in [-0.2, -0.15) is 5.10 Å². The maximum atomic E-state index is 12.5. The second kappa shape index (κ2) is 7.77. The predicted octanol–water partition coefficient (Wildman–Crippen LogP) is 1.88. The highest BCUT2D eigenvalue weighted by molar-refractivity contribution is 7.13. The van der Waals surface area contributed by atoms with Crippen LogP contribution in [-0.4, -0.2) is 33.2 Å². The van der Waals surface area contributed by atoms with Crippen LogP contribution in [0.1, 0.15) is 50.0 Å². The lowest BCUT2D eigenvalue weighted by molar-refractivity contribution is -0.142. The normalized spacial score (nSPS) is 14.7. The molecule has 1 saturated carbocycles. The highest BCUT2D eigenvalue weighted by atomic mass is 32.1. The van der Waals surface area contributed by atoms with Crippen molar-refractivity contribution in [1.29, 1.82) is 0 Å². The number of hydrogen-bond donors (Lipinski definition) is 1. The molecule has 2 aromatic heterocycles. The number of anilines is 1. The minimum Gasteiger partial charge on any atom is -0.466 e. The number of nitrogens with zero attached hydrogens (tertiary/aromatic N) is 3. The number of amides is 1. The molecule has 0 radical (unpaired) electrons. The Hall–Kier alpha value is -2.55. The van der Waals surface area contributed by atoms with E-state index in [0.717, 1.165) is 18.5 Å². The van der Waals surface area contributed by atoms with Crippen molar-refractivity contribution in [3.8, 4) is 0 Å². The molecule has 0 aromatic carbocycles. The first-order valence-electron chi connectivity index (χ1n) is 8.48. The Morgan fingerprint density at radius 1 is 1.42 bits per heavy atom. The van der Waals surface area contributed by atoms with E-state index in [4.69, 9.17) is 4.74 Å². The molecule has 0 saturated heterocycles. The van der Waals surface area contributed by atoms with Crippen molar-refractivity contribution in [2.75, 3.05) is 11.9 Å². The second-order valence-corrected chi connectivity index (χ2v) is 6.96. The van der Waals surface area contributed by atoms with Gasteiger partial charge in [0.2, 0.25) is 0 Å². The zero-order chi connectivity index (χ0) is 18.7. The number of nitrogens with one attached hydrogen (secondary N) is 1. The van der Waals surface area contributed by atoms with Crippen molar-refractivity contribution in [3.63, 3.8) is 0 Å². The van der Waals surface area contributed by atoms with Crippen molar-refractivity contribution in [2.45, 2.75) is 45.1 Å². The van der Waals surface area contributed by atoms with Gasteiger partial charge in [-0.1, -0.05) is 0 Å². The van der Waals surface area contributed by atoms with E-state index in [0.29, 0.717) is 23.4 Å². The average molecular weight is 376 g/mol. The third-order valence-electron chi connectivity index (χ3n) is 4.00. The quantitative estimate of drug-likeness (QED) is 0.740. The van der Waals surface area contributed by atoms with Crippen LogP contribution in [0.4, 0.5) is 5.13 Å². The van der Waals surface area contributed by atoms with E-state index in [-0.39, 0.29) is 23.9 Å². The van der Waals surface area contributed by atoms with Crippen LogP contribution >= 0.6 is 11.3 Å². The highest BCUT2D eigenvalue weighted by Crippen LogP contribution is 2.38. The Morgan fingerprint density at radius 3 is 2.88 bits per heavy atom. The fraction of sp³-hybridized carbons (Fsp3) is 0.471. The first-order chi connectivity index (χ1) is 12.5. The van der Waals surface area contributed by atoms with Gasteiger partial charge in [-0.25, -0.2) is 9.67 Å². The van der Waals surface area contributed by atoms with Gasteiger partial charge in [0.1, 0.15) is 6.04 Å². The van der Waals surface area contributed by atoms with Crippen LogP contribution in [0.5, 0.6) is 0 Å². The molecule has 0 aliphatic heterocycles. The summed E-state index contributed by atoms with van der Waals surface area (Å²) in [7, 11) is 0. The molecule has 1 N–H and O–H groups in total. The van der Waals surface area contributed by atoms with Crippen molar-refractivity contribution in [1.82, 2.24) is 14.8 Å². The summed E-state index contributed by atoms with van der Waals surface area (Å²) in [5, 5.41) is 9.06. The van der Waals surface area contributed by atoms with E-state index < -0.39 is 6.04 Å². The number of rotatable bonds is 7. The van der Waals surface area contributed by atoms with E-state index in [1.807, 2.05) is 0 Å². The lowest BCUT2D eigenvalue weighted by Gasteiger charge is -2.13. The van der Waals surface area contributed by atoms with Gasteiger partial charge >= 0.3 is 5.97 Å². The van der Waals surface area contributed by atoms with Gasteiger partial charge in [0.25, 0.3) is 11.5 Å². The monoisotopic (exact) mass is 376 g/mol. The number of ether oxygens (including phenoxy) is 1. The van der Waals surface area contributed by atoms with Gasteiger partial charge in [0.05, 0.1) is 24.4 Å². The van der Waals surface area contributed by atoms with E-state index in [2.05, 4.69) is 15.4 Å². The number of thiazole rings is 1. The molecule has 2 heterocycles.